The van der Waals surface area contributed by atoms with Gasteiger partial charge in [-0.3, -0.25) is 4.79 Å². The molecule has 6 fully saturated rings. The second-order valence-electron chi connectivity index (χ2n) is 26.8. The van der Waals surface area contributed by atoms with E-state index in [1.54, 1.807) is 13.8 Å². The van der Waals surface area contributed by atoms with Gasteiger partial charge in [0, 0.05) is 53.3 Å². The number of fused-ring (bicyclic) bond motifs is 2. The lowest BCUT2D eigenvalue weighted by Gasteiger charge is -2.43. The van der Waals surface area contributed by atoms with Crippen molar-refractivity contribution in [2.45, 2.75) is 193 Å². The first-order chi connectivity index (χ1) is 49.1. The number of carbonyl (C=O) groups is 5. The van der Waals surface area contributed by atoms with Crippen LogP contribution in [-0.4, -0.2) is 313 Å². The molecule has 0 bridgehead atoms. The smallest absolute Gasteiger partial charge is 0.338 e. The third kappa shape index (κ3) is 15.6. The van der Waals surface area contributed by atoms with Gasteiger partial charge in [0.15, 0.2) is 25.2 Å². The number of hydrogen-bond donors (Lipinski definition) is 16. The number of rotatable bonds is 24. The molecule has 0 aromatic rings. The molecule has 2 aliphatic carbocycles. The van der Waals surface area contributed by atoms with Gasteiger partial charge < -0.3 is 157 Å². The van der Waals surface area contributed by atoms with E-state index in [0.717, 1.165) is 39.3 Å². The van der Waals surface area contributed by atoms with Crippen LogP contribution in [0.25, 0.3) is 0 Å². The van der Waals surface area contributed by atoms with Gasteiger partial charge in [0.25, 0.3) is 0 Å². The number of methoxy groups -OCH3 is 2. The van der Waals surface area contributed by atoms with E-state index in [4.69, 9.17) is 75.8 Å². The van der Waals surface area contributed by atoms with Gasteiger partial charge in [-0.25, -0.2) is 19.2 Å². The summed E-state index contributed by atoms with van der Waals surface area (Å²) >= 11 is 0. The molecule has 0 spiro atoms. The summed E-state index contributed by atoms with van der Waals surface area (Å²) in [6.07, 6.45) is -37.1. The number of ether oxygens (including phenoxy) is 16. The summed E-state index contributed by atoms with van der Waals surface area (Å²) in [5.74, 6) is -15.1. The molecular weight excluding hydrogens is 1380 g/mol. The molecule has 37 nitrogen and oxygen atoms in total. The predicted octanol–water partition coefficient (Wildman–Crippen LogP) is -6.72. The topological polar surface area (TPSA) is 557 Å². The molecule has 103 heavy (non-hydrogen) atoms. The minimum Gasteiger partial charge on any atom is -0.472 e. The number of aliphatic hydroxyl groups is 16. The van der Waals surface area contributed by atoms with Crippen LogP contribution in [0.1, 0.15) is 33.1 Å². The minimum atomic E-state index is -2.02. The van der Waals surface area contributed by atoms with Crippen LogP contribution in [0.4, 0.5) is 0 Å². The maximum atomic E-state index is 15.3. The van der Waals surface area contributed by atoms with Crippen LogP contribution in [0.2, 0.25) is 0 Å². The lowest BCUT2D eigenvalue weighted by Crippen LogP contribution is -2.60. The summed E-state index contributed by atoms with van der Waals surface area (Å²) in [5.41, 5.74) is -1.13. The molecule has 16 N–H and O–H groups in total. The highest BCUT2D eigenvalue weighted by atomic mass is 16.8. The number of allylic oxidation sites excluding steroid dienone is 2. The number of hydrogen-bond acceptors (Lipinski definition) is 37. The highest BCUT2D eigenvalue weighted by molar-refractivity contribution is 5.93. The van der Waals surface area contributed by atoms with Crippen LogP contribution in [0.15, 0.2) is 84.3 Å². The first-order valence-corrected chi connectivity index (χ1v) is 33.4. The van der Waals surface area contributed by atoms with Gasteiger partial charge >= 0.3 is 23.9 Å². The van der Waals surface area contributed by atoms with Crippen molar-refractivity contribution >= 4 is 30.2 Å². The molecular formula is C66H90O37. The molecule has 10 rings (SSSR count). The van der Waals surface area contributed by atoms with E-state index in [0.29, 0.717) is 6.29 Å². The third-order valence-corrected chi connectivity index (χ3v) is 21.2. The fraction of sp³-hybridized carbons (Fsp3) is 0.712. The number of esters is 4. The van der Waals surface area contributed by atoms with Crippen molar-refractivity contribution in [1.29, 1.82) is 0 Å². The molecule has 0 unspecified atom stereocenters. The highest BCUT2D eigenvalue weighted by Crippen LogP contribution is 2.52. The van der Waals surface area contributed by atoms with Gasteiger partial charge in [-0.1, -0.05) is 32.1 Å². The maximum absolute atomic E-state index is 15.3. The summed E-state index contributed by atoms with van der Waals surface area (Å²) in [4.78, 5) is 71.3. The molecule has 0 amide bonds. The Morgan fingerprint density at radius 3 is 1.10 bits per heavy atom. The quantitative estimate of drug-likeness (QED) is 0.0140. The molecule has 2 saturated carbocycles. The molecule has 576 valence electrons. The van der Waals surface area contributed by atoms with Crippen LogP contribution in [0.5, 0.6) is 0 Å². The van der Waals surface area contributed by atoms with Crippen molar-refractivity contribution in [2.24, 2.45) is 59.2 Å². The molecule has 36 atom stereocenters. The summed E-state index contributed by atoms with van der Waals surface area (Å²) in [5, 5.41) is 169. The van der Waals surface area contributed by atoms with E-state index >= 15 is 9.59 Å². The highest BCUT2D eigenvalue weighted by Gasteiger charge is 2.59. The standard InChI is InChI=1S/C66H90O37/c1-7-25-27(30(18-90-59(25)100-63-51(80)47(76)43(72)36(14-68)96-63)57(86)94-34-11-28-31(55(84)88-5)19-92-61(40(28)22(34)3)102-65-53(82)49(78)45(74)38(16-70)98-65)10-9-24(13-67)42-26(8-2)60(101-64-52(81)48(77)44(73)37(15-69)97-64)91-21-33(42)58(87)95-35-12-29-32(56(85)89-6)20-93-62(41(29)23(35)4)103-66-54(83)50(79)46(75)39(17-71)99-66/h7-9,13,18-23,25-29,34-54,59-66,68-83H,1-2,10-12,14-17H2,3-6H3/b24-9-/t22-,23-,25+,26+,27-,28+,29+,34-,35-,36+,37+,38+,39+,40+,41+,42-,43+,44+,45+,46+,47-,48-,49-,50-,51+,52+,53+,54+,59-,60-,61-,62-,63-,64-,65-,66-/m0/s1. The number of aldehydes is 1. The zero-order valence-electron chi connectivity index (χ0n) is 56.0. The lowest BCUT2D eigenvalue weighted by atomic mass is 9.76. The van der Waals surface area contributed by atoms with E-state index in [1.807, 2.05) is 0 Å². The van der Waals surface area contributed by atoms with Crippen molar-refractivity contribution in [1.82, 2.24) is 0 Å². The van der Waals surface area contributed by atoms with E-state index in [1.165, 1.54) is 18.2 Å². The van der Waals surface area contributed by atoms with Crippen LogP contribution in [-0.2, 0) is 99.8 Å². The van der Waals surface area contributed by atoms with Crippen molar-refractivity contribution in [3.8, 4) is 0 Å². The second-order valence-corrected chi connectivity index (χ2v) is 26.8. The molecule has 0 radical (unpaired) electrons. The summed E-state index contributed by atoms with van der Waals surface area (Å²) < 4.78 is 93.4. The van der Waals surface area contributed by atoms with Crippen molar-refractivity contribution in [2.75, 3.05) is 40.6 Å². The Balaban J connectivity index is 0.986. The van der Waals surface area contributed by atoms with Crippen molar-refractivity contribution in [3.05, 3.63) is 84.3 Å². The van der Waals surface area contributed by atoms with Gasteiger partial charge in [-0.2, -0.15) is 0 Å². The Kier molecular flexibility index (Phi) is 26.1. The molecule has 8 aliphatic heterocycles. The third-order valence-electron chi connectivity index (χ3n) is 21.2. The SMILES string of the molecule is C=C[C@H]1[C@H](O[C@@H]2O[C@H](CO)[C@@H](O)[C@H](O)[C@H]2O)OC=C(C(=O)O[C@H]2C[C@@H]3C(C(=O)OC)=CO[C@@H](O[C@@H]4O[C@H](CO)[C@@H](O)[C@H](O)[C@H]4O)[C@@H]3[C@H]2C)[C@H]1C/C=C(/C=O)[C@@H]1C(C(=O)O[C@H]2C[C@@H]3C(C(=O)OC)=CO[C@@H](O[C@@H]4O[C@H](CO)[C@@H](O)[C@H](O)[C@H]4O)[C@@H]3[C@H]2C)=CO[C@@H](O[C@@H]2O[C@H](CO)[C@@H](O)[C@H](O)[C@H]2O)[C@@H]1C=C. The van der Waals surface area contributed by atoms with Crippen LogP contribution in [0, 0.1) is 59.2 Å². The summed E-state index contributed by atoms with van der Waals surface area (Å²) in [6, 6.07) is 0. The Morgan fingerprint density at radius 2 is 0.757 bits per heavy atom. The van der Waals surface area contributed by atoms with Gasteiger partial charge in [-0.15, -0.1) is 13.2 Å². The zero-order valence-corrected chi connectivity index (χ0v) is 56.0. The Hall–Kier alpha value is -6.03. The van der Waals surface area contributed by atoms with Crippen LogP contribution in [0.3, 0.4) is 0 Å². The first-order valence-electron chi connectivity index (χ1n) is 33.4. The number of carbonyl (C=O) groups excluding carboxylic acids is 5. The van der Waals surface area contributed by atoms with Gasteiger partial charge in [0.05, 0.1) is 93.9 Å². The van der Waals surface area contributed by atoms with Gasteiger partial charge in [-0.05, 0) is 24.8 Å². The minimum absolute atomic E-state index is 0.0243. The van der Waals surface area contributed by atoms with E-state index in [2.05, 4.69) is 13.2 Å². The average molecular weight is 1480 g/mol. The number of aliphatic hydroxyl groups excluding tert-OH is 16. The van der Waals surface area contributed by atoms with E-state index < -0.39 is 282 Å². The Morgan fingerprint density at radius 1 is 0.437 bits per heavy atom. The summed E-state index contributed by atoms with van der Waals surface area (Å²) in [7, 11) is 2.22. The van der Waals surface area contributed by atoms with Gasteiger partial charge in [0.1, 0.15) is 116 Å². The molecule has 0 aromatic heterocycles. The zero-order chi connectivity index (χ0) is 74.9. The van der Waals surface area contributed by atoms with Crippen LogP contribution < -0.4 is 0 Å². The van der Waals surface area contributed by atoms with E-state index in [-0.39, 0.29) is 35.1 Å². The van der Waals surface area contributed by atoms with E-state index in [9.17, 15) is 96.1 Å². The van der Waals surface area contributed by atoms with Gasteiger partial charge in [0.2, 0.25) is 25.2 Å². The van der Waals surface area contributed by atoms with Crippen LogP contribution >= 0.6 is 0 Å². The fourth-order valence-electron chi connectivity index (χ4n) is 15.2. The second kappa shape index (κ2) is 33.8. The molecule has 37 heteroatoms. The molecule has 0 aromatic carbocycles. The summed E-state index contributed by atoms with van der Waals surface area (Å²) in [6.45, 7) is 7.78. The Labute approximate surface area is 587 Å². The normalized spacial score (nSPS) is 45.3. The largest absolute Gasteiger partial charge is 0.472 e. The molecule has 10 aliphatic rings. The Bertz CT molecular complexity index is 3170. The van der Waals surface area contributed by atoms with Crippen molar-refractivity contribution < 1.29 is 181 Å². The fourth-order valence-corrected chi connectivity index (χ4v) is 15.2. The first kappa shape index (κ1) is 79.5. The van der Waals surface area contributed by atoms with Crippen molar-refractivity contribution in [3.63, 3.8) is 0 Å². The lowest BCUT2D eigenvalue weighted by molar-refractivity contribution is -0.342. The predicted molar refractivity (Wildman–Crippen MR) is 330 cm³/mol. The molecule has 8 heterocycles. The molecule has 4 saturated heterocycles. The maximum Gasteiger partial charge on any atom is 0.338 e. The monoisotopic (exact) mass is 1470 g/mol. The average Bonchev–Trinajstić information content (AvgIpc) is 1.67.